The summed E-state index contributed by atoms with van der Waals surface area (Å²) in [5.41, 5.74) is 1.04. The molecule has 0 radical (unpaired) electrons. The maximum absolute atomic E-state index is 12.0. The van der Waals surface area contributed by atoms with Crippen molar-refractivity contribution in [1.29, 1.82) is 5.26 Å². The van der Waals surface area contributed by atoms with Gasteiger partial charge in [0, 0.05) is 19.1 Å². The summed E-state index contributed by atoms with van der Waals surface area (Å²) in [5.74, 6) is 0.0378. The quantitative estimate of drug-likeness (QED) is 0.543. The molecular weight excluding hydrogens is 312 g/mol. The van der Waals surface area contributed by atoms with Gasteiger partial charge in [0.25, 0.3) is 0 Å². The molecule has 0 aromatic carbocycles. The molecule has 0 aliphatic heterocycles. The molecule has 0 aliphatic rings. The molecule has 2 aromatic rings. The zero-order valence-electron chi connectivity index (χ0n) is 9.76. The van der Waals surface area contributed by atoms with E-state index in [1.165, 1.54) is 11.3 Å². The molecule has 0 aliphatic carbocycles. The Kier molecular flexibility index (Phi) is 5.20. The Morgan fingerprint density at radius 2 is 2.17 bits per heavy atom. The van der Waals surface area contributed by atoms with Crippen molar-refractivity contribution in [2.75, 3.05) is 0 Å². The number of hydrogen-bond donors (Lipinski definition) is 0. The summed E-state index contributed by atoms with van der Waals surface area (Å²) in [6, 6.07) is 11.2. The van der Waals surface area contributed by atoms with Gasteiger partial charge in [-0.1, -0.05) is 6.07 Å². The fourth-order valence-corrected chi connectivity index (χ4v) is 2.25. The number of Topliss-reactive ketones (excluding diaryl/α,β-unsaturated/α-hetero) is 1. The average Bonchev–Trinajstić information content (AvgIpc) is 2.81. The minimum atomic E-state index is 0. The molecule has 2 aromatic heterocycles. The van der Waals surface area contributed by atoms with Crippen molar-refractivity contribution in [3.8, 4) is 6.07 Å². The molecule has 18 heavy (non-hydrogen) atoms. The van der Waals surface area contributed by atoms with E-state index in [0.717, 1.165) is 5.69 Å². The van der Waals surface area contributed by atoms with Crippen molar-refractivity contribution < 1.29 is 26.3 Å². The molecule has 0 bridgehead atoms. The average molecular weight is 323 g/mol. The summed E-state index contributed by atoms with van der Waals surface area (Å²) < 4.78 is 1.90. The number of ketones is 1. The molecule has 0 N–H and O–H groups in total. The van der Waals surface area contributed by atoms with Crippen molar-refractivity contribution in [3.05, 3.63) is 52.0 Å². The van der Waals surface area contributed by atoms with Crippen LogP contribution in [0.1, 0.15) is 20.2 Å². The SMILES string of the molecule is Cc1cccc[n+]1CC(=O)c1ccc(C#N)s1.[Br-]. The van der Waals surface area contributed by atoms with Crippen LogP contribution in [0, 0.1) is 18.3 Å². The van der Waals surface area contributed by atoms with Crippen LogP contribution in [0.15, 0.2) is 36.5 Å². The van der Waals surface area contributed by atoms with Crippen LogP contribution in [0.5, 0.6) is 0 Å². The van der Waals surface area contributed by atoms with E-state index in [-0.39, 0.29) is 22.8 Å². The van der Waals surface area contributed by atoms with E-state index in [1.807, 2.05) is 42.0 Å². The summed E-state index contributed by atoms with van der Waals surface area (Å²) in [6.07, 6.45) is 1.88. The Hall–Kier alpha value is -1.51. The third-order valence-electron chi connectivity index (χ3n) is 2.47. The standard InChI is InChI=1S/C13H11N2OS.BrH/c1-10-4-2-3-7-15(10)9-12(16)13-6-5-11(8-14)17-13;/h2-7H,9H2,1H3;1H/q+1;/p-1. The summed E-state index contributed by atoms with van der Waals surface area (Å²) in [7, 11) is 0. The van der Waals surface area contributed by atoms with E-state index in [2.05, 4.69) is 0 Å². The highest BCUT2D eigenvalue weighted by molar-refractivity contribution is 7.14. The molecule has 0 saturated carbocycles. The van der Waals surface area contributed by atoms with E-state index in [4.69, 9.17) is 5.26 Å². The Morgan fingerprint density at radius 3 is 2.78 bits per heavy atom. The molecule has 92 valence electrons. The number of aryl methyl sites for hydroxylation is 1. The molecule has 0 atom stereocenters. The van der Waals surface area contributed by atoms with Crippen LogP contribution in [0.4, 0.5) is 0 Å². The number of halogens is 1. The van der Waals surface area contributed by atoms with Gasteiger partial charge in [0.2, 0.25) is 12.3 Å². The molecule has 0 saturated heterocycles. The molecule has 0 spiro atoms. The molecule has 0 amide bonds. The van der Waals surface area contributed by atoms with E-state index < -0.39 is 0 Å². The fraction of sp³-hybridized carbons (Fsp3) is 0.154. The topological polar surface area (TPSA) is 44.7 Å². The van der Waals surface area contributed by atoms with Crippen molar-refractivity contribution in [3.63, 3.8) is 0 Å². The molecule has 2 rings (SSSR count). The van der Waals surface area contributed by atoms with Crippen molar-refractivity contribution in [2.24, 2.45) is 0 Å². The van der Waals surface area contributed by atoms with Crippen LogP contribution in [-0.2, 0) is 6.54 Å². The van der Waals surface area contributed by atoms with Gasteiger partial charge in [0.15, 0.2) is 11.9 Å². The predicted octanol–water partition coefficient (Wildman–Crippen LogP) is -0.897. The van der Waals surface area contributed by atoms with Gasteiger partial charge in [-0.25, -0.2) is 0 Å². The summed E-state index contributed by atoms with van der Waals surface area (Å²) in [4.78, 5) is 13.2. The lowest BCUT2D eigenvalue weighted by Crippen LogP contribution is -3.00. The lowest BCUT2D eigenvalue weighted by Gasteiger charge is -1.97. The minimum absolute atomic E-state index is 0. The number of carbonyl (C=O) groups is 1. The largest absolute Gasteiger partial charge is 1.00 e. The molecule has 0 unspecified atom stereocenters. The molecule has 0 fully saturated rings. The normalized spacial score (nSPS) is 9.33. The number of rotatable bonds is 3. The minimum Gasteiger partial charge on any atom is -1.00 e. The van der Waals surface area contributed by atoms with Crippen LogP contribution in [-0.4, -0.2) is 5.78 Å². The van der Waals surface area contributed by atoms with Gasteiger partial charge >= 0.3 is 0 Å². The Labute approximate surface area is 120 Å². The highest BCUT2D eigenvalue weighted by Gasteiger charge is 2.15. The second kappa shape index (κ2) is 6.43. The van der Waals surface area contributed by atoms with Crippen LogP contribution in [0.3, 0.4) is 0 Å². The first-order valence-electron chi connectivity index (χ1n) is 5.19. The molecule has 3 nitrogen and oxygen atoms in total. The number of pyridine rings is 1. The number of aromatic nitrogens is 1. The zero-order chi connectivity index (χ0) is 12.3. The van der Waals surface area contributed by atoms with Gasteiger partial charge in [0.1, 0.15) is 10.9 Å². The second-order valence-corrected chi connectivity index (χ2v) is 4.75. The van der Waals surface area contributed by atoms with Gasteiger partial charge in [-0.2, -0.15) is 9.83 Å². The van der Waals surface area contributed by atoms with Crippen LogP contribution in [0.25, 0.3) is 0 Å². The maximum atomic E-state index is 12.0. The first-order chi connectivity index (χ1) is 8.20. The lowest BCUT2D eigenvalue weighted by molar-refractivity contribution is -0.689. The van der Waals surface area contributed by atoms with Crippen LogP contribution in [0.2, 0.25) is 0 Å². The Morgan fingerprint density at radius 1 is 1.39 bits per heavy atom. The maximum Gasteiger partial charge on any atom is 0.237 e. The molecule has 5 heteroatoms. The van der Waals surface area contributed by atoms with Crippen LogP contribution >= 0.6 is 11.3 Å². The van der Waals surface area contributed by atoms with Gasteiger partial charge in [0.05, 0.1) is 4.88 Å². The number of thiophene rings is 1. The van der Waals surface area contributed by atoms with E-state index in [0.29, 0.717) is 16.3 Å². The number of hydrogen-bond acceptors (Lipinski definition) is 3. The Balaban J connectivity index is 0.00000162. The third kappa shape index (κ3) is 3.25. The second-order valence-electron chi connectivity index (χ2n) is 3.67. The highest BCUT2D eigenvalue weighted by atomic mass is 79.9. The van der Waals surface area contributed by atoms with E-state index in [9.17, 15) is 4.79 Å². The van der Waals surface area contributed by atoms with Crippen molar-refractivity contribution in [1.82, 2.24) is 0 Å². The first-order valence-corrected chi connectivity index (χ1v) is 6.00. The van der Waals surface area contributed by atoms with Gasteiger partial charge in [-0.3, -0.25) is 4.79 Å². The van der Waals surface area contributed by atoms with Crippen LogP contribution < -0.4 is 21.5 Å². The highest BCUT2D eigenvalue weighted by Crippen LogP contribution is 2.15. The summed E-state index contributed by atoms with van der Waals surface area (Å²) in [5, 5.41) is 8.71. The number of nitriles is 1. The monoisotopic (exact) mass is 322 g/mol. The predicted molar refractivity (Wildman–Crippen MR) is 64.7 cm³/mol. The Bertz CT molecular complexity index is 601. The lowest BCUT2D eigenvalue weighted by atomic mass is 10.3. The first kappa shape index (κ1) is 14.6. The summed E-state index contributed by atoms with van der Waals surface area (Å²) >= 11 is 1.24. The fourth-order valence-electron chi connectivity index (χ4n) is 1.52. The zero-order valence-corrected chi connectivity index (χ0v) is 12.2. The van der Waals surface area contributed by atoms with Gasteiger partial charge < -0.3 is 17.0 Å². The summed E-state index contributed by atoms with van der Waals surface area (Å²) in [6.45, 7) is 2.28. The van der Waals surface area contributed by atoms with Crippen molar-refractivity contribution in [2.45, 2.75) is 13.5 Å². The van der Waals surface area contributed by atoms with Gasteiger partial charge in [-0.15, -0.1) is 11.3 Å². The number of carbonyl (C=O) groups excluding carboxylic acids is 1. The van der Waals surface area contributed by atoms with E-state index >= 15 is 0 Å². The molecule has 2 heterocycles. The number of nitrogens with zero attached hydrogens (tertiary/aromatic N) is 2. The van der Waals surface area contributed by atoms with Crippen molar-refractivity contribution >= 4 is 17.1 Å². The molecular formula is C13H11BrN2OS. The van der Waals surface area contributed by atoms with E-state index in [1.54, 1.807) is 12.1 Å². The third-order valence-corrected chi connectivity index (χ3v) is 3.50. The van der Waals surface area contributed by atoms with Gasteiger partial charge in [-0.05, 0) is 12.1 Å². The smallest absolute Gasteiger partial charge is 0.237 e.